The summed E-state index contributed by atoms with van der Waals surface area (Å²) >= 11 is 1.34. The molecular weight excluding hydrogens is 542 g/mol. The van der Waals surface area contributed by atoms with Crippen molar-refractivity contribution in [2.45, 2.75) is 26.1 Å². The van der Waals surface area contributed by atoms with Crippen molar-refractivity contribution in [2.24, 2.45) is 0 Å². The smallest absolute Gasteiger partial charge is 0.255 e. The lowest BCUT2D eigenvalue weighted by molar-refractivity contribution is -0.120. The third-order valence-electron chi connectivity index (χ3n) is 7.90. The Morgan fingerprint density at radius 2 is 1.67 bits per heavy atom. The van der Waals surface area contributed by atoms with Crippen molar-refractivity contribution in [3.8, 4) is 11.8 Å². The van der Waals surface area contributed by atoms with Gasteiger partial charge in [-0.05, 0) is 47.5 Å². The Kier molecular flexibility index (Phi) is 8.42. The van der Waals surface area contributed by atoms with E-state index in [0.717, 1.165) is 61.5 Å². The Morgan fingerprint density at radius 3 is 2.38 bits per heavy atom. The van der Waals surface area contributed by atoms with Crippen molar-refractivity contribution in [3.63, 3.8) is 0 Å². The molecule has 42 heavy (non-hydrogen) atoms. The molecule has 0 radical (unpaired) electrons. The first-order valence-corrected chi connectivity index (χ1v) is 15.2. The number of hydrogen-bond acceptors (Lipinski definition) is 6. The number of fused-ring (bicyclic) bond motifs is 1. The topological polar surface area (TPSA) is 68.8 Å². The van der Waals surface area contributed by atoms with Crippen molar-refractivity contribution >= 4 is 28.3 Å². The predicted molar refractivity (Wildman–Crippen MR) is 166 cm³/mol. The minimum absolute atomic E-state index is 0.180. The zero-order chi connectivity index (χ0) is 28.9. The Labute approximate surface area is 250 Å². The van der Waals surface area contributed by atoms with Crippen molar-refractivity contribution in [2.75, 3.05) is 38.0 Å². The van der Waals surface area contributed by atoms with Crippen molar-refractivity contribution in [1.82, 2.24) is 19.7 Å². The Bertz CT molecular complexity index is 1600. The molecule has 1 N–H and O–H groups in total. The van der Waals surface area contributed by atoms with Crippen LogP contribution in [0.3, 0.4) is 0 Å². The van der Waals surface area contributed by atoms with Gasteiger partial charge in [-0.25, -0.2) is 4.98 Å². The molecule has 0 aliphatic carbocycles. The van der Waals surface area contributed by atoms with Crippen LogP contribution in [0.5, 0.6) is 0 Å². The van der Waals surface area contributed by atoms with Crippen LogP contribution in [-0.4, -0.2) is 64.2 Å². The number of benzene rings is 3. The van der Waals surface area contributed by atoms with E-state index in [-0.39, 0.29) is 11.8 Å². The number of rotatable bonds is 7. The normalized spacial score (nSPS) is 16.0. The molecule has 7 nitrogen and oxygen atoms in total. The number of hydrogen-bond donors (Lipinski definition) is 1. The number of nitrogens with one attached hydrogen (secondary N) is 1. The fourth-order valence-electron chi connectivity index (χ4n) is 5.54. The summed E-state index contributed by atoms with van der Waals surface area (Å²) in [5.41, 5.74) is 5.22. The third-order valence-corrected chi connectivity index (χ3v) is 8.59. The first-order chi connectivity index (χ1) is 20.6. The maximum atomic E-state index is 13.7. The fourth-order valence-corrected chi connectivity index (χ4v) is 6.07. The molecule has 2 aliphatic heterocycles. The number of carbonyl (C=O) groups is 2. The van der Waals surface area contributed by atoms with E-state index in [1.807, 2.05) is 48.5 Å². The highest BCUT2D eigenvalue weighted by atomic mass is 32.1. The lowest BCUT2D eigenvalue weighted by Gasteiger charge is -2.34. The Balaban J connectivity index is 1.15. The molecule has 6 rings (SSSR count). The second kappa shape index (κ2) is 12.7. The fraction of sp³-hybridized carbons (Fsp3) is 0.265. The first kappa shape index (κ1) is 27.9. The molecule has 1 atom stereocenters. The Hall–Kier alpha value is -4.29. The van der Waals surface area contributed by atoms with Gasteiger partial charge < -0.3 is 9.80 Å². The maximum Gasteiger partial charge on any atom is 0.255 e. The lowest BCUT2D eigenvalue weighted by atomic mass is 10.0. The minimum atomic E-state index is -0.779. The third kappa shape index (κ3) is 6.29. The monoisotopic (exact) mass is 575 g/mol. The number of likely N-dealkylation sites (N-methyl/N-ethyl adjacent to an activating group) is 1. The molecule has 2 aliphatic rings. The van der Waals surface area contributed by atoms with Crippen LogP contribution >= 0.6 is 11.3 Å². The van der Waals surface area contributed by atoms with E-state index in [2.05, 4.69) is 63.1 Å². The van der Waals surface area contributed by atoms with Gasteiger partial charge in [0.25, 0.3) is 11.8 Å². The Morgan fingerprint density at radius 1 is 0.952 bits per heavy atom. The van der Waals surface area contributed by atoms with Crippen LogP contribution in [-0.2, 0) is 17.9 Å². The summed E-state index contributed by atoms with van der Waals surface area (Å²) in [6.45, 7) is 9.12. The summed E-state index contributed by atoms with van der Waals surface area (Å²) < 4.78 is 0. The summed E-state index contributed by atoms with van der Waals surface area (Å²) in [6.07, 6.45) is 1.64. The van der Waals surface area contributed by atoms with Gasteiger partial charge in [0, 0.05) is 67.5 Å². The highest BCUT2D eigenvalue weighted by Gasteiger charge is 2.37. The molecule has 0 saturated carbocycles. The number of amides is 2. The summed E-state index contributed by atoms with van der Waals surface area (Å²) in [7, 11) is 0. The SMILES string of the molecule is CCN1CCN(Cc2ccc(C#Cc3ccc4c(c3)C(=O)N([C@@H](C(=O)Nc3nccs3)c3ccccc3)C4)cc2)CC1. The first-order valence-electron chi connectivity index (χ1n) is 14.3. The quantitative estimate of drug-likeness (QED) is 0.314. The van der Waals surface area contributed by atoms with E-state index >= 15 is 0 Å². The van der Waals surface area contributed by atoms with Gasteiger partial charge in [0.2, 0.25) is 0 Å². The molecular formula is C34H33N5O2S. The molecule has 0 unspecified atom stereocenters. The van der Waals surface area contributed by atoms with Gasteiger partial charge in [-0.3, -0.25) is 19.8 Å². The number of thiazole rings is 1. The van der Waals surface area contributed by atoms with Crippen LogP contribution in [0.15, 0.2) is 84.4 Å². The van der Waals surface area contributed by atoms with E-state index in [0.29, 0.717) is 17.2 Å². The molecule has 8 heteroatoms. The average molecular weight is 576 g/mol. The lowest BCUT2D eigenvalue weighted by Crippen LogP contribution is -2.45. The highest BCUT2D eigenvalue weighted by molar-refractivity contribution is 7.13. The van der Waals surface area contributed by atoms with Crippen LogP contribution in [0.2, 0.25) is 0 Å². The van der Waals surface area contributed by atoms with E-state index in [1.165, 1.54) is 16.9 Å². The molecule has 3 heterocycles. The summed E-state index contributed by atoms with van der Waals surface area (Å²) in [6, 6.07) is 22.8. The molecule has 0 bridgehead atoms. The summed E-state index contributed by atoms with van der Waals surface area (Å²) in [5, 5.41) is 5.18. The van der Waals surface area contributed by atoms with Crippen LogP contribution in [0.25, 0.3) is 0 Å². The van der Waals surface area contributed by atoms with Gasteiger partial charge in [0.15, 0.2) is 5.13 Å². The predicted octanol–water partition coefficient (Wildman–Crippen LogP) is 5.02. The number of carbonyl (C=O) groups excluding carboxylic acids is 2. The van der Waals surface area contributed by atoms with E-state index in [1.54, 1.807) is 16.5 Å². The van der Waals surface area contributed by atoms with E-state index in [9.17, 15) is 9.59 Å². The van der Waals surface area contributed by atoms with E-state index in [4.69, 9.17) is 0 Å². The van der Waals surface area contributed by atoms with Gasteiger partial charge in [-0.1, -0.05) is 67.3 Å². The second-order valence-electron chi connectivity index (χ2n) is 10.6. The minimum Gasteiger partial charge on any atom is -0.318 e. The van der Waals surface area contributed by atoms with Gasteiger partial charge in [-0.2, -0.15) is 0 Å². The van der Waals surface area contributed by atoms with Crippen LogP contribution in [0.4, 0.5) is 5.13 Å². The van der Waals surface area contributed by atoms with Gasteiger partial charge in [0.05, 0.1) is 0 Å². The second-order valence-corrected chi connectivity index (χ2v) is 11.5. The standard InChI is InChI=1S/C34H33N5O2S/c1-2-37-17-19-38(20-18-37)23-27-12-9-25(10-13-27)8-11-26-14-15-29-24-39(33(41)30(29)22-26)31(28-6-4-3-5-7-28)32(40)36-34-35-16-21-42-34/h3-7,9-10,12-16,21-22,31H,2,17-20,23-24H2,1H3,(H,35,36,40)/t31-/m1/s1. The van der Waals surface area contributed by atoms with Gasteiger partial charge in [-0.15, -0.1) is 11.3 Å². The zero-order valence-electron chi connectivity index (χ0n) is 23.6. The number of anilines is 1. The number of aromatic nitrogens is 1. The van der Waals surface area contributed by atoms with Crippen molar-refractivity contribution in [1.29, 1.82) is 0 Å². The maximum absolute atomic E-state index is 13.7. The molecule has 4 aromatic rings. The molecule has 1 aromatic heterocycles. The van der Waals surface area contributed by atoms with E-state index < -0.39 is 6.04 Å². The summed E-state index contributed by atoms with van der Waals surface area (Å²) in [5.74, 6) is 6.01. The van der Waals surface area contributed by atoms with Gasteiger partial charge in [0.1, 0.15) is 6.04 Å². The van der Waals surface area contributed by atoms with Crippen molar-refractivity contribution in [3.05, 3.63) is 118 Å². The van der Waals surface area contributed by atoms with Gasteiger partial charge >= 0.3 is 0 Å². The van der Waals surface area contributed by atoms with Crippen molar-refractivity contribution < 1.29 is 9.59 Å². The summed E-state index contributed by atoms with van der Waals surface area (Å²) in [4.78, 5) is 37.9. The number of piperazine rings is 1. The molecule has 212 valence electrons. The van der Waals surface area contributed by atoms with Crippen LogP contribution < -0.4 is 5.32 Å². The molecule has 3 aromatic carbocycles. The molecule has 1 fully saturated rings. The molecule has 0 spiro atoms. The van der Waals surface area contributed by atoms with Crippen LogP contribution in [0.1, 0.15) is 51.1 Å². The molecule has 2 amide bonds. The van der Waals surface area contributed by atoms with Crippen LogP contribution in [0, 0.1) is 11.8 Å². The number of nitrogens with zero attached hydrogens (tertiary/aromatic N) is 4. The molecule has 1 saturated heterocycles. The highest BCUT2D eigenvalue weighted by Crippen LogP contribution is 2.33. The zero-order valence-corrected chi connectivity index (χ0v) is 24.4. The average Bonchev–Trinajstić information content (AvgIpc) is 3.65. The largest absolute Gasteiger partial charge is 0.318 e.